The van der Waals surface area contributed by atoms with Gasteiger partial charge in [-0.2, -0.15) is 0 Å². The number of rotatable bonds is 5. The molecule has 6 heteroatoms. The number of hydrogen-bond acceptors (Lipinski definition) is 4. The molecule has 1 N–H and O–H groups in total. The molecule has 30 heavy (non-hydrogen) atoms. The highest BCUT2D eigenvalue weighted by Crippen LogP contribution is 2.30. The van der Waals surface area contributed by atoms with E-state index in [-0.39, 0.29) is 24.2 Å². The third-order valence-corrected chi connectivity index (χ3v) is 6.33. The van der Waals surface area contributed by atoms with Gasteiger partial charge in [0.2, 0.25) is 11.8 Å². The molecule has 0 aliphatic carbocycles. The van der Waals surface area contributed by atoms with Crippen LogP contribution in [0.4, 0.5) is 5.69 Å². The van der Waals surface area contributed by atoms with E-state index in [4.69, 9.17) is 0 Å². The molecule has 6 nitrogen and oxygen atoms in total. The summed E-state index contributed by atoms with van der Waals surface area (Å²) in [6.45, 7) is 1.45. The minimum Gasteiger partial charge on any atom is -0.389 e. The minimum absolute atomic E-state index is 0.0223. The van der Waals surface area contributed by atoms with Crippen molar-refractivity contribution in [3.63, 3.8) is 0 Å². The van der Waals surface area contributed by atoms with E-state index >= 15 is 0 Å². The second kappa shape index (κ2) is 8.48. The topological polar surface area (TPSA) is 64.1 Å². The molecule has 0 aromatic heterocycles. The number of amides is 2. The standard InChI is InChI=1S/C24H29N3O3/c1-25(21-10-6-3-7-11-21)27-18-20(16-22(27)28)23(29)26-14-12-24(30,13-15-26)17-19-8-4-2-5-9-19/h2-11,20,30H,12-18H2,1H3. The van der Waals surface area contributed by atoms with E-state index < -0.39 is 5.60 Å². The maximum absolute atomic E-state index is 13.1. The highest BCUT2D eigenvalue weighted by Gasteiger charge is 2.41. The Bertz CT molecular complexity index is 879. The van der Waals surface area contributed by atoms with Crippen molar-refractivity contribution in [1.82, 2.24) is 9.91 Å². The summed E-state index contributed by atoms with van der Waals surface area (Å²) in [4.78, 5) is 27.5. The molecule has 1 atom stereocenters. The summed E-state index contributed by atoms with van der Waals surface area (Å²) in [5.74, 6) is -0.338. The van der Waals surface area contributed by atoms with Crippen molar-refractivity contribution in [3.05, 3.63) is 66.2 Å². The van der Waals surface area contributed by atoms with E-state index in [1.54, 1.807) is 5.01 Å². The molecule has 2 amide bonds. The highest BCUT2D eigenvalue weighted by molar-refractivity contribution is 5.90. The number of hydrogen-bond donors (Lipinski definition) is 1. The second-order valence-electron chi connectivity index (χ2n) is 8.45. The lowest BCUT2D eigenvalue weighted by molar-refractivity contribution is -0.139. The Morgan fingerprint density at radius 2 is 1.67 bits per heavy atom. The van der Waals surface area contributed by atoms with Crippen molar-refractivity contribution in [3.8, 4) is 0 Å². The van der Waals surface area contributed by atoms with Gasteiger partial charge >= 0.3 is 0 Å². The van der Waals surface area contributed by atoms with Gasteiger partial charge in [0.05, 0.1) is 23.8 Å². The predicted molar refractivity (Wildman–Crippen MR) is 116 cm³/mol. The van der Waals surface area contributed by atoms with Crippen LogP contribution in [0.15, 0.2) is 60.7 Å². The molecule has 2 aromatic rings. The normalized spacial score (nSPS) is 21.0. The van der Waals surface area contributed by atoms with Gasteiger partial charge in [-0.05, 0) is 30.5 Å². The third-order valence-electron chi connectivity index (χ3n) is 6.33. The first-order chi connectivity index (χ1) is 14.5. The van der Waals surface area contributed by atoms with Crippen LogP contribution in [-0.2, 0) is 16.0 Å². The van der Waals surface area contributed by atoms with Crippen LogP contribution in [0.5, 0.6) is 0 Å². The van der Waals surface area contributed by atoms with Crippen molar-refractivity contribution >= 4 is 17.5 Å². The molecule has 2 fully saturated rings. The predicted octanol–water partition coefficient (Wildman–Crippen LogP) is 2.48. The zero-order valence-corrected chi connectivity index (χ0v) is 17.4. The number of hydrazine groups is 1. The van der Waals surface area contributed by atoms with Crippen LogP contribution in [0, 0.1) is 5.92 Å². The molecule has 2 aromatic carbocycles. The first-order valence-electron chi connectivity index (χ1n) is 10.6. The lowest BCUT2D eigenvalue weighted by Gasteiger charge is -2.39. The van der Waals surface area contributed by atoms with E-state index in [1.165, 1.54) is 0 Å². The van der Waals surface area contributed by atoms with Crippen molar-refractivity contribution in [2.75, 3.05) is 31.7 Å². The number of carbonyl (C=O) groups is 2. The van der Waals surface area contributed by atoms with Crippen molar-refractivity contribution in [2.45, 2.75) is 31.3 Å². The average molecular weight is 408 g/mol. The van der Waals surface area contributed by atoms with Crippen molar-refractivity contribution in [2.24, 2.45) is 5.92 Å². The van der Waals surface area contributed by atoms with Crippen LogP contribution in [0.1, 0.15) is 24.8 Å². The number of para-hydroxylation sites is 1. The van der Waals surface area contributed by atoms with Crippen LogP contribution in [0.3, 0.4) is 0 Å². The molecule has 2 saturated heterocycles. The number of nitrogens with zero attached hydrogens (tertiary/aromatic N) is 3. The maximum Gasteiger partial charge on any atom is 0.241 e. The van der Waals surface area contributed by atoms with Crippen molar-refractivity contribution < 1.29 is 14.7 Å². The summed E-state index contributed by atoms with van der Waals surface area (Å²) in [6, 6.07) is 19.7. The van der Waals surface area contributed by atoms with Gasteiger partial charge in [-0.1, -0.05) is 48.5 Å². The van der Waals surface area contributed by atoms with Gasteiger partial charge < -0.3 is 10.0 Å². The number of piperidine rings is 1. The molecule has 2 heterocycles. The lowest BCUT2D eigenvalue weighted by atomic mass is 9.85. The summed E-state index contributed by atoms with van der Waals surface area (Å²) < 4.78 is 0. The third kappa shape index (κ3) is 4.33. The Morgan fingerprint density at radius 1 is 1.07 bits per heavy atom. The Morgan fingerprint density at radius 3 is 2.30 bits per heavy atom. The van der Waals surface area contributed by atoms with Gasteiger partial charge in [-0.3, -0.25) is 19.6 Å². The van der Waals surface area contributed by atoms with E-state index in [2.05, 4.69) is 0 Å². The van der Waals surface area contributed by atoms with Gasteiger partial charge in [-0.15, -0.1) is 0 Å². The molecule has 0 bridgehead atoms. The number of aliphatic hydroxyl groups is 1. The highest BCUT2D eigenvalue weighted by atomic mass is 16.3. The van der Waals surface area contributed by atoms with Gasteiger partial charge in [0.25, 0.3) is 0 Å². The van der Waals surface area contributed by atoms with Gasteiger partial charge in [0.1, 0.15) is 0 Å². The second-order valence-corrected chi connectivity index (χ2v) is 8.45. The molecular formula is C24H29N3O3. The van der Waals surface area contributed by atoms with Crippen LogP contribution in [-0.4, -0.2) is 59.1 Å². The number of benzene rings is 2. The molecule has 2 aliphatic heterocycles. The van der Waals surface area contributed by atoms with E-state index in [0.717, 1.165) is 11.3 Å². The molecule has 0 spiro atoms. The summed E-state index contributed by atoms with van der Waals surface area (Å²) in [5.41, 5.74) is 1.26. The lowest BCUT2D eigenvalue weighted by Crippen LogP contribution is -2.49. The van der Waals surface area contributed by atoms with Gasteiger partial charge in [-0.25, -0.2) is 0 Å². The molecule has 0 saturated carbocycles. The summed E-state index contributed by atoms with van der Waals surface area (Å²) in [5, 5.41) is 14.4. The van der Waals surface area contributed by atoms with Crippen LogP contribution < -0.4 is 5.01 Å². The number of carbonyl (C=O) groups excluding carboxylic acids is 2. The first kappa shape index (κ1) is 20.4. The summed E-state index contributed by atoms with van der Waals surface area (Å²) in [7, 11) is 1.85. The zero-order chi connectivity index (χ0) is 21.1. The SMILES string of the molecule is CN(c1ccccc1)N1CC(C(=O)N2CCC(O)(Cc3ccccc3)CC2)CC1=O. The van der Waals surface area contributed by atoms with Crippen LogP contribution >= 0.6 is 0 Å². The average Bonchev–Trinajstić information content (AvgIpc) is 3.16. The van der Waals surface area contributed by atoms with Crippen LogP contribution in [0.25, 0.3) is 0 Å². The maximum atomic E-state index is 13.1. The molecule has 4 rings (SSSR count). The molecule has 2 aliphatic rings. The summed E-state index contributed by atoms with van der Waals surface area (Å²) in [6.07, 6.45) is 1.96. The smallest absolute Gasteiger partial charge is 0.241 e. The fraction of sp³-hybridized carbons (Fsp3) is 0.417. The van der Waals surface area contributed by atoms with E-state index in [0.29, 0.717) is 38.9 Å². The fourth-order valence-electron chi connectivity index (χ4n) is 4.48. The Hall–Kier alpha value is -2.86. The van der Waals surface area contributed by atoms with E-state index in [9.17, 15) is 14.7 Å². The largest absolute Gasteiger partial charge is 0.389 e. The molecule has 1 unspecified atom stereocenters. The van der Waals surface area contributed by atoms with Crippen molar-refractivity contribution in [1.29, 1.82) is 0 Å². The monoisotopic (exact) mass is 407 g/mol. The summed E-state index contributed by atoms with van der Waals surface area (Å²) >= 11 is 0. The number of likely N-dealkylation sites (tertiary alicyclic amines) is 1. The molecule has 158 valence electrons. The van der Waals surface area contributed by atoms with Gasteiger partial charge in [0, 0.05) is 33.0 Å². The Balaban J connectivity index is 1.34. The Kier molecular flexibility index (Phi) is 5.77. The number of anilines is 1. The van der Waals surface area contributed by atoms with E-state index in [1.807, 2.05) is 77.6 Å². The fourth-order valence-corrected chi connectivity index (χ4v) is 4.48. The van der Waals surface area contributed by atoms with Crippen LogP contribution in [0.2, 0.25) is 0 Å². The van der Waals surface area contributed by atoms with Gasteiger partial charge in [0.15, 0.2) is 0 Å². The minimum atomic E-state index is -0.775. The molecular weight excluding hydrogens is 378 g/mol. The Labute approximate surface area is 177 Å². The quantitative estimate of drug-likeness (QED) is 0.827. The zero-order valence-electron chi connectivity index (χ0n) is 17.4. The molecule has 0 radical (unpaired) electrons. The first-order valence-corrected chi connectivity index (χ1v) is 10.6.